The van der Waals surface area contributed by atoms with Crippen molar-refractivity contribution in [2.45, 2.75) is 24.8 Å². The second-order valence-corrected chi connectivity index (χ2v) is 7.86. The number of hydrogen-bond acceptors (Lipinski definition) is 6. The van der Waals surface area contributed by atoms with Gasteiger partial charge in [0.2, 0.25) is 0 Å². The lowest BCUT2D eigenvalue weighted by atomic mass is 9.82. The molecule has 0 aliphatic heterocycles. The smallest absolute Gasteiger partial charge is 0.412 e. The quantitative estimate of drug-likeness (QED) is 0.219. The molecule has 1 atom stereocenters. The molecule has 2 aromatic carbocycles. The van der Waals surface area contributed by atoms with E-state index in [4.69, 9.17) is 9.94 Å². The number of benzene rings is 2. The Balaban J connectivity index is 2.29. The number of anilines is 1. The highest BCUT2D eigenvalue weighted by atomic mass is 32.2. The number of phenolic OH excluding ortho intramolecular Hbond substituents is 1. The average molecular weight is 434 g/mol. The lowest BCUT2D eigenvalue weighted by Crippen LogP contribution is -2.28. The van der Waals surface area contributed by atoms with E-state index in [2.05, 4.69) is 5.32 Å². The fourth-order valence-electron chi connectivity index (χ4n) is 2.68. The number of aromatic hydroxyl groups is 1. The highest BCUT2D eigenvalue weighted by Crippen LogP contribution is 2.39. The molecule has 0 aromatic heterocycles. The summed E-state index contributed by atoms with van der Waals surface area (Å²) in [7, 11) is 0. The van der Waals surface area contributed by atoms with Crippen molar-refractivity contribution < 1.29 is 29.0 Å². The summed E-state index contributed by atoms with van der Waals surface area (Å²) in [5.74, 6) is -2.18. The average Bonchev–Trinajstić information content (AvgIpc) is 2.73. The van der Waals surface area contributed by atoms with Gasteiger partial charge < -0.3 is 9.84 Å². The third-order valence-corrected chi connectivity index (χ3v) is 5.03. The molecular formula is C21H23FN2O5S. The number of phenols is 1. The summed E-state index contributed by atoms with van der Waals surface area (Å²) in [6.45, 7) is 3.34. The highest BCUT2D eigenvalue weighted by Gasteiger charge is 2.33. The number of carbonyl (C=O) groups excluding carboxylic acids is 2. The van der Waals surface area contributed by atoms with E-state index < -0.39 is 35.1 Å². The first-order chi connectivity index (χ1) is 14.2. The number of rotatable bonds is 7. The second-order valence-electron chi connectivity index (χ2n) is 6.98. The molecule has 7 nitrogen and oxygen atoms in total. The molecule has 30 heavy (non-hydrogen) atoms. The first-order valence-corrected chi connectivity index (χ1v) is 10.1. The second kappa shape index (κ2) is 10.1. The van der Waals surface area contributed by atoms with Crippen molar-refractivity contribution in [2.24, 2.45) is 5.41 Å². The van der Waals surface area contributed by atoms with Crippen LogP contribution in [0.1, 0.15) is 25.5 Å². The maximum atomic E-state index is 13.9. The summed E-state index contributed by atoms with van der Waals surface area (Å²) in [6, 6.07) is 10.8. The maximum Gasteiger partial charge on any atom is 0.412 e. The van der Waals surface area contributed by atoms with Crippen LogP contribution >= 0.6 is 11.8 Å². The van der Waals surface area contributed by atoms with Crippen LogP contribution in [0.25, 0.3) is 0 Å². The standard InChI is InChI=1S/C21H23FN2O5S/c1-21(2,11-10-18(26)24-28)19(13-4-9-17(25)16(22)12-13)29-20(27)23-14-5-7-15(30-3)8-6-14/h4-12,19,25,28H,1-3H3,(H,23,27)(H,24,26)/b11-10+/t19-/m0/s1. The van der Waals surface area contributed by atoms with Gasteiger partial charge in [0.1, 0.15) is 6.10 Å². The van der Waals surface area contributed by atoms with Crippen molar-refractivity contribution in [3.05, 3.63) is 66.0 Å². The Hall–Kier alpha value is -3.04. The Morgan fingerprint density at radius 3 is 2.43 bits per heavy atom. The molecule has 2 aromatic rings. The number of ether oxygens (including phenoxy) is 1. The minimum Gasteiger partial charge on any atom is -0.505 e. The molecule has 0 heterocycles. The van der Waals surface area contributed by atoms with Crippen LogP contribution in [0.4, 0.5) is 14.9 Å². The third kappa shape index (κ3) is 6.23. The fourth-order valence-corrected chi connectivity index (χ4v) is 3.09. The first kappa shape index (κ1) is 23.2. The van der Waals surface area contributed by atoms with E-state index >= 15 is 0 Å². The van der Waals surface area contributed by atoms with Gasteiger partial charge in [-0.1, -0.05) is 26.0 Å². The van der Waals surface area contributed by atoms with Gasteiger partial charge >= 0.3 is 6.09 Å². The highest BCUT2D eigenvalue weighted by molar-refractivity contribution is 7.98. The van der Waals surface area contributed by atoms with Gasteiger partial charge in [0.25, 0.3) is 5.91 Å². The number of amides is 2. The van der Waals surface area contributed by atoms with Gasteiger partial charge in [-0.3, -0.25) is 15.3 Å². The van der Waals surface area contributed by atoms with Gasteiger partial charge in [-0.15, -0.1) is 11.8 Å². The van der Waals surface area contributed by atoms with Crippen molar-refractivity contribution in [1.82, 2.24) is 5.48 Å². The van der Waals surface area contributed by atoms with Crippen LogP contribution in [0.5, 0.6) is 5.75 Å². The van der Waals surface area contributed by atoms with E-state index in [1.165, 1.54) is 17.6 Å². The largest absolute Gasteiger partial charge is 0.505 e. The molecule has 9 heteroatoms. The maximum absolute atomic E-state index is 13.9. The van der Waals surface area contributed by atoms with Crippen LogP contribution in [0.15, 0.2) is 59.5 Å². The van der Waals surface area contributed by atoms with E-state index in [0.29, 0.717) is 5.69 Å². The van der Waals surface area contributed by atoms with Gasteiger partial charge in [-0.25, -0.2) is 14.7 Å². The Bertz CT molecular complexity index is 931. The molecule has 0 spiro atoms. The van der Waals surface area contributed by atoms with Gasteiger partial charge in [-0.05, 0) is 48.2 Å². The van der Waals surface area contributed by atoms with E-state index in [1.807, 2.05) is 18.4 Å². The van der Waals surface area contributed by atoms with Crippen molar-refractivity contribution in [3.8, 4) is 5.75 Å². The summed E-state index contributed by atoms with van der Waals surface area (Å²) in [5, 5.41) is 20.8. The topological polar surface area (TPSA) is 108 Å². The molecule has 0 saturated carbocycles. The first-order valence-electron chi connectivity index (χ1n) is 8.89. The number of hydrogen-bond donors (Lipinski definition) is 4. The third-order valence-electron chi connectivity index (χ3n) is 4.29. The Morgan fingerprint density at radius 2 is 1.87 bits per heavy atom. The lowest BCUT2D eigenvalue weighted by Gasteiger charge is -2.31. The summed E-state index contributed by atoms with van der Waals surface area (Å²) in [6.07, 6.45) is 2.64. The van der Waals surface area contributed by atoms with Crippen LogP contribution in [0.2, 0.25) is 0 Å². The predicted octanol–water partition coefficient (Wildman–Crippen LogP) is 4.63. The van der Waals surface area contributed by atoms with E-state index in [-0.39, 0.29) is 5.56 Å². The van der Waals surface area contributed by atoms with Crippen molar-refractivity contribution >= 4 is 29.4 Å². The molecular weight excluding hydrogens is 411 g/mol. The van der Waals surface area contributed by atoms with Gasteiger partial charge in [-0.2, -0.15) is 0 Å². The van der Waals surface area contributed by atoms with Crippen LogP contribution in [0.3, 0.4) is 0 Å². The molecule has 4 N–H and O–H groups in total. The van der Waals surface area contributed by atoms with Crippen LogP contribution in [-0.4, -0.2) is 28.6 Å². The number of nitrogens with one attached hydrogen (secondary N) is 2. The van der Waals surface area contributed by atoms with Gasteiger partial charge in [0.15, 0.2) is 11.6 Å². The normalized spacial score (nSPS) is 12.4. The monoisotopic (exact) mass is 434 g/mol. The zero-order chi connectivity index (χ0) is 22.3. The zero-order valence-corrected chi connectivity index (χ0v) is 17.5. The summed E-state index contributed by atoms with van der Waals surface area (Å²) >= 11 is 1.56. The molecule has 0 radical (unpaired) electrons. The van der Waals surface area contributed by atoms with Crippen molar-refractivity contribution in [1.29, 1.82) is 0 Å². The molecule has 0 unspecified atom stereocenters. The Kier molecular flexibility index (Phi) is 7.85. The van der Waals surface area contributed by atoms with Crippen LogP contribution in [0, 0.1) is 11.2 Å². The minimum absolute atomic E-state index is 0.275. The summed E-state index contributed by atoms with van der Waals surface area (Å²) in [5.41, 5.74) is 1.29. The number of carbonyl (C=O) groups is 2. The number of thioether (sulfide) groups is 1. The van der Waals surface area contributed by atoms with E-state index in [0.717, 1.165) is 23.1 Å². The van der Waals surface area contributed by atoms with Crippen molar-refractivity contribution in [2.75, 3.05) is 11.6 Å². The molecule has 0 bridgehead atoms. The molecule has 2 amide bonds. The van der Waals surface area contributed by atoms with Crippen molar-refractivity contribution in [3.63, 3.8) is 0 Å². The van der Waals surface area contributed by atoms with Gasteiger partial charge in [0, 0.05) is 22.1 Å². The fraction of sp³-hybridized carbons (Fsp3) is 0.238. The van der Waals surface area contributed by atoms with Crippen LogP contribution in [-0.2, 0) is 9.53 Å². The minimum atomic E-state index is -1.01. The predicted molar refractivity (Wildman–Crippen MR) is 112 cm³/mol. The Morgan fingerprint density at radius 1 is 1.20 bits per heavy atom. The van der Waals surface area contributed by atoms with Crippen LogP contribution < -0.4 is 10.8 Å². The van der Waals surface area contributed by atoms with E-state index in [1.54, 1.807) is 37.7 Å². The molecule has 0 aliphatic carbocycles. The number of halogens is 1. The van der Waals surface area contributed by atoms with Gasteiger partial charge in [0.05, 0.1) is 0 Å². The Labute approximate surface area is 177 Å². The number of hydroxylamine groups is 1. The SMILES string of the molecule is CSc1ccc(NC(=O)O[C@@H](c2ccc(O)c(F)c2)C(C)(C)/C=C/C(=O)NO)cc1. The summed E-state index contributed by atoms with van der Waals surface area (Å²) in [4.78, 5) is 24.9. The molecule has 0 aliphatic rings. The van der Waals surface area contributed by atoms with E-state index in [9.17, 15) is 19.1 Å². The molecule has 0 fully saturated rings. The zero-order valence-electron chi connectivity index (χ0n) is 16.7. The molecule has 0 saturated heterocycles. The molecule has 2 rings (SSSR count). The summed E-state index contributed by atoms with van der Waals surface area (Å²) < 4.78 is 19.5. The lowest BCUT2D eigenvalue weighted by molar-refractivity contribution is -0.124. The molecule has 160 valence electrons.